The average molecular weight is 593 g/mol. The Hall–Kier alpha value is -4.30. The van der Waals surface area contributed by atoms with Gasteiger partial charge in [0.15, 0.2) is 17.2 Å². The predicted octanol–water partition coefficient (Wildman–Crippen LogP) is 6.39. The molecular formula is C27H31F3N6O6. The molecule has 15 heteroatoms. The lowest BCUT2D eigenvalue weighted by Crippen LogP contribution is -2.44. The van der Waals surface area contributed by atoms with Gasteiger partial charge in [0.1, 0.15) is 29.0 Å². The van der Waals surface area contributed by atoms with E-state index in [1.165, 1.54) is 4.68 Å². The maximum absolute atomic E-state index is 13.4. The lowest BCUT2D eigenvalue weighted by molar-refractivity contribution is -0.137. The summed E-state index contributed by atoms with van der Waals surface area (Å²) >= 11 is 0. The first-order valence-electron chi connectivity index (χ1n) is 13.2. The first kappa shape index (κ1) is 30.7. The van der Waals surface area contributed by atoms with Crippen LogP contribution in [0.1, 0.15) is 78.8 Å². The topological polar surface area (TPSA) is 139 Å². The van der Waals surface area contributed by atoms with Crippen LogP contribution < -0.4 is 9.64 Å². The quantitative estimate of drug-likeness (QED) is 0.335. The van der Waals surface area contributed by atoms with E-state index in [9.17, 15) is 27.6 Å². The molecule has 42 heavy (non-hydrogen) atoms. The summed E-state index contributed by atoms with van der Waals surface area (Å²) in [6, 6.07) is 0.665. The van der Waals surface area contributed by atoms with Gasteiger partial charge in [-0.3, -0.25) is 4.79 Å². The van der Waals surface area contributed by atoms with Crippen LogP contribution in [0.3, 0.4) is 0 Å². The van der Waals surface area contributed by atoms with Crippen LogP contribution in [-0.4, -0.2) is 53.9 Å². The number of Topliss-reactive ketones (excluding diaryl/α,β-unsaturated/α-hetero) is 1. The number of fused-ring (bicyclic) bond motifs is 1. The van der Waals surface area contributed by atoms with Gasteiger partial charge < -0.3 is 14.2 Å². The fourth-order valence-corrected chi connectivity index (χ4v) is 4.21. The molecular weight excluding hydrogens is 561 g/mol. The fourth-order valence-electron chi connectivity index (χ4n) is 4.21. The second-order valence-electron chi connectivity index (χ2n) is 11.7. The molecule has 226 valence electrons. The highest BCUT2D eigenvalue weighted by atomic mass is 19.4. The van der Waals surface area contributed by atoms with Crippen molar-refractivity contribution in [3.63, 3.8) is 0 Å². The van der Waals surface area contributed by atoms with Gasteiger partial charge in [-0.1, -0.05) is 6.42 Å². The highest BCUT2D eigenvalue weighted by molar-refractivity contribution is 6.14. The van der Waals surface area contributed by atoms with Crippen molar-refractivity contribution in [1.29, 1.82) is 0 Å². The summed E-state index contributed by atoms with van der Waals surface area (Å²) in [4.78, 5) is 52.4. The number of imide groups is 1. The largest absolute Gasteiger partial charge is 0.443 e. The molecule has 0 radical (unpaired) electrons. The van der Waals surface area contributed by atoms with E-state index in [1.807, 2.05) is 0 Å². The van der Waals surface area contributed by atoms with Gasteiger partial charge in [0.2, 0.25) is 5.88 Å². The molecule has 0 spiro atoms. The number of carbonyl (C=O) groups is 3. The molecule has 0 bridgehead atoms. The Balaban J connectivity index is 1.94. The van der Waals surface area contributed by atoms with Gasteiger partial charge in [0.25, 0.3) is 5.88 Å². The van der Waals surface area contributed by atoms with Crippen LogP contribution in [0.4, 0.5) is 28.6 Å². The Morgan fingerprint density at radius 1 is 0.976 bits per heavy atom. The van der Waals surface area contributed by atoms with Crippen molar-refractivity contribution < 1.29 is 41.8 Å². The normalized spacial score (nSPS) is 16.3. The Morgan fingerprint density at radius 2 is 1.62 bits per heavy atom. The highest BCUT2D eigenvalue weighted by Crippen LogP contribution is 2.39. The Morgan fingerprint density at radius 3 is 2.19 bits per heavy atom. The summed E-state index contributed by atoms with van der Waals surface area (Å²) in [6.07, 6.45) is -2.92. The number of hydrogen-bond acceptors (Lipinski definition) is 10. The maximum atomic E-state index is 13.4. The number of pyridine rings is 1. The number of anilines is 1. The summed E-state index contributed by atoms with van der Waals surface area (Å²) in [7, 11) is 0. The number of nitrogens with zero attached hydrogens (tertiary/aromatic N) is 6. The number of carbonyl (C=O) groups excluding carboxylic acids is 3. The minimum atomic E-state index is -4.69. The lowest BCUT2D eigenvalue weighted by atomic mass is 9.94. The second kappa shape index (κ2) is 11.2. The van der Waals surface area contributed by atoms with Crippen LogP contribution in [0.15, 0.2) is 24.7 Å². The number of hydrogen-bond donors (Lipinski definition) is 0. The molecule has 3 aromatic heterocycles. The predicted molar refractivity (Wildman–Crippen MR) is 142 cm³/mol. The van der Waals surface area contributed by atoms with Gasteiger partial charge in [-0.25, -0.2) is 29.2 Å². The van der Waals surface area contributed by atoms with Crippen LogP contribution in [0.25, 0.3) is 11.0 Å². The summed E-state index contributed by atoms with van der Waals surface area (Å²) in [5, 5.41) is 4.23. The fraction of sp³-hybridized carbons (Fsp3) is 0.519. The first-order valence-corrected chi connectivity index (χ1v) is 13.2. The van der Waals surface area contributed by atoms with Crippen molar-refractivity contribution in [2.45, 2.75) is 90.6 Å². The van der Waals surface area contributed by atoms with Gasteiger partial charge >= 0.3 is 18.4 Å². The molecule has 0 aliphatic heterocycles. The summed E-state index contributed by atoms with van der Waals surface area (Å²) < 4.78 is 58.1. The number of aromatic nitrogens is 5. The van der Waals surface area contributed by atoms with Gasteiger partial charge in [-0.05, 0) is 60.5 Å². The first-order chi connectivity index (χ1) is 19.4. The van der Waals surface area contributed by atoms with E-state index in [1.54, 1.807) is 41.5 Å². The van der Waals surface area contributed by atoms with Crippen molar-refractivity contribution in [2.75, 3.05) is 4.90 Å². The Kier molecular flexibility index (Phi) is 8.16. The number of alkyl halides is 3. The molecule has 1 fully saturated rings. The van der Waals surface area contributed by atoms with Crippen molar-refractivity contribution in [2.24, 2.45) is 0 Å². The minimum Gasteiger partial charge on any atom is -0.443 e. The van der Waals surface area contributed by atoms with Gasteiger partial charge in [-0.2, -0.15) is 18.1 Å². The molecule has 0 N–H and O–H groups in total. The second-order valence-corrected chi connectivity index (χ2v) is 11.7. The molecule has 3 heterocycles. The zero-order valence-corrected chi connectivity index (χ0v) is 24.0. The molecule has 0 aromatic carbocycles. The SMILES string of the molecule is CC(C)(C)OC(=O)N(C(=O)OC(C)(C)C)c1ncnc2c1c(Oc1cc(C(F)(F)F)ccn1)nn2C1CCCCC1=O. The Bertz CT molecular complexity index is 1480. The molecule has 12 nitrogen and oxygen atoms in total. The third-order valence-corrected chi connectivity index (χ3v) is 5.88. The van der Waals surface area contributed by atoms with Gasteiger partial charge in [0.05, 0.1) is 5.56 Å². The third-order valence-electron chi connectivity index (χ3n) is 5.88. The van der Waals surface area contributed by atoms with Crippen molar-refractivity contribution in [3.8, 4) is 11.8 Å². The van der Waals surface area contributed by atoms with E-state index in [0.717, 1.165) is 18.6 Å². The molecule has 1 atom stereocenters. The number of amides is 2. The molecule has 1 saturated carbocycles. The van der Waals surface area contributed by atoms with Crippen LogP contribution in [0.5, 0.6) is 11.8 Å². The zero-order chi connectivity index (χ0) is 31.0. The van der Waals surface area contributed by atoms with E-state index in [0.29, 0.717) is 30.2 Å². The number of ketones is 1. The maximum Gasteiger partial charge on any atom is 0.425 e. The molecule has 4 rings (SSSR count). The number of rotatable bonds is 4. The van der Waals surface area contributed by atoms with Crippen molar-refractivity contribution in [1.82, 2.24) is 24.7 Å². The molecule has 1 unspecified atom stereocenters. The molecule has 3 aromatic rings. The molecule has 1 aliphatic carbocycles. The molecule has 1 aliphatic rings. The molecule has 2 amide bonds. The van der Waals surface area contributed by atoms with Crippen LogP contribution in [-0.2, 0) is 20.4 Å². The molecule has 0 saturated heterocycles. The lowest BCUT2D eigenvalue weighted by Gasteiger charge is -2.28. The Labute approximate surface area is 239 Å². The van der Waals surface area contributed by atoms with Crippen molar-refractivity contribution >= 4 is 34.8 Å². The number of ether oxygens (including phenoxy) is 3. The van der Waals surface area contributed by atoms with E-state index in [-0.39, 0.29) is 34.9 Å². The van der Waals surface area contributed by atoms with Crippen LogP contribution in [0, 0.1) is 0 Å². The smallest absolute Gasteiger partial charge is 0.425 e. The number of halogens is 3. The van der Waals surface area contributed by atoms with Gasteiger partial charge in [0, 0.05) is 18.7 Å². The van der Waals surface area contributed by atoms with Crippen LogP contribution >= 0.6 is 0 Å². The van der Waals surface area contributed by atoms with Gasteiger partial charge in [-0.15, -0.1) is 5.10 Å². The van der Waals surface area contributed by atoms with E-state index in [2.05, 4.69) is 20.1 Å². The van der Waals surface area contributed by atoms with E-state index in [4.69, 9.17) is 14.2 Å². The monoisotopic (exact) mass is 592 g/mol. The van der Waals surface area contributed by atoms with Crippen molar-refractivity contribution in [3.05, 3.63) is 30.2 Å². The zero-order valence-electron chi connectivity index (χ0n) is 24.0. The third kappa shape index (κ3) is 6.94. The highest BCUT2D eigenvalue weighted by Gasteiger charge is 2.38. The minimum absolute atomic E-state index is 0.000608. The van der Waals surface area contributed by atoms with E-state index >= 15 is 0 Å². The van der Waals surface area contributed by atoms with E-state index < -0.39 is 47.1 Å². The summed E-state index contributed by atoms with van der Waals surface area (Å²) in [5.74, 6) is -1.38. The standard InChI is InChI=1S/C27H31F3N6O6/c1-25(2,3)41-23(38)35(24(39)42-26(4,5)6)20-19-21(33-14-32-20)36(16-9-7-8-10-17(16)37)34-22(19)40-18-13-15(11-12-31-18)27(28,29)30/h11-14,16H,7-10H2,1-6H3. The van der Waals surface area contributed by atoms with Crippen LogP contribution in [0.2, 0.25) is 0 Å². The summed E-state index contributed by atoms with van der Waals surface area (Å²) in [6.45, 7) is 9.55. The average Bonchev–Trinajstić information content (AvgIpc) is 3.20. The summed E-state index contributed by atoms with van der Waals surface area (Å²) in [5.41, 5.74) is -3.11.